The third kappa shape index (κ3) is 4.72. The maximum atomic E-state index is 13.6. The van der Waals surface area contributed by atoms with Gasteiger partial charge in [-0.05, 0) is 36.8 Å². The molecule has 0 spiro atoms. The summed E-state index contributed by atoms with van der Waals surface area (Å²) in [4.78, 5) is 26.2. The molecule has 1 saturated heterocycles. The van der Waals surface area contributed by atoms with Crippen molar-refractivity contribution in [3.63, 3.8) is 0 Å². The molecule has 1 amide bonds. The third-order valence-electron chi connectivity index (χ3n) is 6.21. The quantitative estimate of drug-likeness (QED) is 0.427. The van der Waals surface area contributed by atoms with Gasteiger partial charge in [-0.2, -0.15) is 5.10 Å². The molecule has 3 heterocycles. The van der Waals surface area contributed by atoms with Gasteiger partial charge in [-0.3, -0.25) is 4.79 Å². The second-order valence-electron chi connectivity index (χ2n) is 8.60. The van der Waals surface area contributed by atoms with Gasteiger partial charge in [0.2, 0.25) is 5.91 Å². The van der Waals surface area contributed by atoms with Gasteiger partial charge in [0, 0.05) is 39.7 Å². The number of fused-ring (bicyclic) bond motifs is 1. The number of hydrogen-bond acceptors (Lipinski definition) is 6. The second kappa shape index (κ2) is 9.79. The number of methoxy groups -OCH3 is 1. The van der Waals surface area contributed by atoms with Gasteiger partial charge in [0.1, 0.15) is 24.1 Å². The van der Waals surface area contributed by atoms with Crippen LogP contribution in [0.3, 0.4) is 0 Å². The van der Waals surface area contributed by atoms with Crippen LogP contribution in [-0.2, 0) is 16.0 Å². The second-order valence-corrected chi connectivity index (χ2v) is 8.60. The fraction of sp³-hybridized carbons (Fsp3) is 0.308. The average Bonchev–Trinajstić information content (AvgIpc) is 3.21. The Hall–Kier alpha value is -3.85. The molecular formula is C26H27FN6O2. The Morgan fingerprint density at radius 2 is 1.71 bits per heavy atom. The summed E-state index contributed by atoms with van der Waals surface area (Å²) in [5, 5.41) is 5.61. The highest BCUT2D eigenvalue weighted by molar-refractivity contribution is 5.91. The van der Waals surface area contributed by atoms with E-state index >= 15 is 0 Å². The number of hydrogen-bond donors (Lipinski definition) is 0. The highest BCUT2D eigenvalue weighted by Crippen LogP contribution is 2.30. The molecule has 0 saturated carbocycles. The van der Waals surface area contributed by atoms with Crippen LogP contribution in [0, 0.1) is 12.7 Å². The van der Waals surface area contributed by atoms with Crippen LogP contribution in [0.15, 0.2) is 54.6 Å². The first kappa shape index (κ1) is 22.9. The van der Waals surface area contributed by atoms with Crippen LogP contribution < -0.4 is 4.90 Å². The van der Waals surface area contributed by atoms with E-state index in [-0.39, 0.29) is 18.3 Å². The molecule has 9 heteroatoms. The maximum Gasteiger partial charge on any atom is 0.248 e. The molecule has 0 bridgehead atoms. The molecule has 0 radical (unpaired) electrons. The first-order chi connectivity index (χ1) is 17.0. The molecule has 4 aromatic rings. The number of anilines is 1. The molecule has 1 fully saturated rings. The highest BCUT2D eigenvalue weighted by Gasteiger charge is 2.26. The maximum absolute atomic E-state index is 13.6. The fourth-order valence-corrected chi connectivity index (χ4v) is 4.44. The summed E-state index contributed by atoms with van der Waals surface area (Å²) in [7, 11) is 1.53. The molecule has 2 aromatic carbocycles. The van der Waals surface area contributed by atoms with E-state index in [9.17, 15) is 9.18 Å². The largest absolute Gasteiger partial charge is 0.375 e. The van der Waals surface area contributed by atoms with Gasteiger partial charge in [0.25, 0.3) is 0 Å². The van der Waals surface area contributed by atoms with Crippen LogP contribution in [0.1, 0.15) is 17.1 Å². The van der Waals surface area contributed by atoms with Crippen molar-refractivity contribution in [3.05, 3.63) is 77.5 Å². The van der Waals surface area contributed by atoms with Gasteiger partial charge in [-0.1, -0.05) is 30.3 Å². The predicted molar refractivity (Wildman–Crippen MR) is 131 cm³/mol. The van der Waals surface area contributed by atoms with Crippen molar-refractivity contribution in [2.24, 2.45) is 0 Å². The lowest BCUT2D eigenvalue weighted by Crippen LogP contribution is -2.50. The predicted octanol–water partition coefficient (Wildman–Crippen LogP) is 3.15. The third-order valence-corrected chi connectivity index (χ3v) is 6.21. The number of aryl methyl sites for hydroxylation is 1. The van der Waals surface area contributed by atoms with E-state index in [0.717, 1.165) is 28.1 Å². The van der Waals surface area contributed by atoms with E-state index in [2.05, 4.69) is 17.0 Å². The lowest BCUT2D eigenvalue weighted by Gasteiger charge is -2.35. The van der Waals surface area contributed by atoms with Gasteiger partial charge in [-0.15, -0.1) is 0 Å². The van der Waals surface area contributed by atoms with E-state index in [4.69, 9.17) is 19.8 Å². The van der Waals surface area contributed by atoms with Gasteiger partial charge >= 0.3 is 0 Å². The molecular weight excluding hydrogens is 447 g/mol. The van der Waals surface area contributed by atoms with Crippen molar-refractivity contribution in [3.8, 4) is 5.69 Å². The van der Waals surface area contributed by atoms with E-state index < -0.39 is 0 Å². The Balaban J connectivity index is 1.56. The average molecular weight is 475 g/mol. The molecule has 0 atom stereocenters. The van der Waals surface area contributed by atoms with Crippen molar-refractivity contribution in [2.45, 2.75) is 13.3 Å². The molecule has 0 N–H and O–H groups in total. The minimum Gasteiger partial charge on any atom is -0.375 e. The number of amides is 1. The summed E-state index contributed by atoms with van der Waals surface area (Å²) in [6.45, 7) is 4.49. The van der Waals surface area contributed by atoms with Crippen molar-refractivity contribution in [1.82, 2.24) is 24.6 Å². The zero-order valence-electron chi connectivity index (χ0n) is 19.8. The highest BCUT2D eigenvalue weighted by atomic mass is 19.1. The number of piperazine rings is 1. The van der Waals surface area contributed by atoms with Crippen molar-refractivity contribution >= 4 is 22.8 Å². The fourth-order valence-electron chi connectivity index (χ4n) is 4.44. The first-order valence-electron chi connectivity index (χ1n) is 11.6. The Kier molecular flexibility index (Phi) is 6.41. The van der Waals surface area contributed by atoms with E-state index in [1.54, 1.807) is 16.8 Å². The number of ether oxygens (including phenoxy) is 1. The lowest BCUT2D eigenvalue weighted by molar-refractivity contribution is -0.135. The Morgan fingerprint density at radius 1 is 1.00 bits per heavy atom. The van der Waals surface area contributed by atoms with Gasteiger partial charge < -0.3 is 14.5 Å². The number of carbonyl (C=O) groups excluding carboxylic acids is 1. The van der Waals surface area contributed by atoms with Gasteiger partial charge in [-0.25, -0.2) is 19.0 Å². The van der Waals surface area contributed by atoms with Crippen LogP contribution in [0.4, 0.5) is 10.2 Å². The molecule has 180 valence electrons. The molecule has 5 rings (SSSR count). The molecule has 1 aliphatic rings. The number of carbonyl (C=O) groups is 1. The topological polar surface area (TPSA) is 76.4 Å². The zero-order valence-corrected chi connectivity index (χ0v) is 19.8. The van der Waals surface area contributed by atoms with Crippen molar-refractivity contribution in [2.75, 3.05) is 44.8 Å². The van der Waals surface area contributed by atoms with Crippen LogP contribution in [0.5, 0.6) is 0 Å². The Morgan fingerprint density at radius 3 is 2.40 bits per heavy atom. The smallest absolute Gasteiger partial charge is 0.248 e. The summed E-state index contributed by atoms with van der Waals surface area (Å²) in [6, 6.07) is 16.3. The molecule has 0 unspecified atom stereocenters. The Bertz CT molecular complexity index is 1330. The van der Waals surface area contributed by atoms with Crippen molar-refractivity contribution in [1.29, 1.82) is 0 Å². The zero-order chi connectivity index (χ0) is 24.4. The normalized spacial score (nSPS) is 14.0. The molecule has 35 heavy (non-hydrogen) atoms. The van der Waals surface area contributed by atoms with Crippen LogP contribution in [0.2, 0.25) is 0 Å². The van der Waals surface area contributed by atoms with E-state index in [0.29, 0.717) is 44.1 Å². The number of rotatable bonds is 6. The minimum absolute atomic E-state index is 0.00920. The van der Waals surface area contributed by atoms with Crippen LogP contribution in [0.25, 0.3) is 16.7 Å². The minimum atomic E-state index is -0.303. The standard InChI is InChI=1S/C26H27FN6O2/c1-18-24-25(32-14-12-31(13-15-32)23(34)17-35-2)28-22(16-19-6-4-3-5-7-19)29-26(24)33(30-18)21-10-8-20(27)9-11-21/h3-11H,12-17H2,1-2H3. The number of nitrogens with zero attached hydrogens (tertiary/aromatic N) is 6. The summed E-state index contributed by atoms with van der Waals surface area (Å²) >= 11 is 0. The summed E-state index contributed by atoms with van der Waals surface area (Å²) in [6.07, 6.45) is 0.573. The molecule has 8 nitrogen and oxygen atoms in total. The Labute approximate surface area is 203 Å². The summed E-state index contributed by atoms with van der Waals surface area (Å²) in [5.74, 6) is 1.18. The van der Waals surface area contributed by atoms with Gasteiger partial charge in [0.05, 0.1) is 16.8 Å². The molecule has 1 aliphatic heterocycles. The van der Waals surface area contributed by atoms with E-state index in [1.807, 2.05) is 30.0 Å². The van der Waals surface area contributed by atoms with Crippen LogP contribution in [-0.4, -0.2) is 70.5 Å². The monoisotopic (exact) mass is 474 g/mol. The van der Waals surface area contributed by atoms with Gasteiger partial charge in [0.15, 0.2) is 5.65 Å². The number of aromatic nitrogens is 4. The SMILES string of the molecule is COCC(=O)N1CCN(c2nc(Cc3ccccc3)nc3c2c(C)nn3-c2ccc(F)cc2)CC1. The summed E-state index contributed by atoms with van der Waals surface area (Å²) in [5.41, 5.74) is 3.32. The molecule has 2 aromatic heterocycles. The van der Waals surface area contributed by atoms with Crippen LogP contribution >= 0.6 is 0 Å². The van der Waals surface area contributed by atoms with E-state index in [1.165, 1.54) is 19.2 Å². The first-order valence-corrected chi connectivity index (χ1v) is 11.6. The molecule has 0 aliphatic carbocycles. The number of halogens is 1. The van der Waals surface area contributed by atoms with Crippen molar-refractivity contribution < 1.29 is 13.9 Å². The number of benzene rings is 2. The lowest BCUT2D eigenvalue weighted by atomic mass is 10.1. The summed E-state index contributed by atoms with van der Waals surface area (Å²) < 4.78 is 20.3.